The van der Waals surface area contributed by atoms with Gasteiger partial charge in [0.05, 0.1) is 0 Å². The molecule has 0 amide bonds. The summed E-state index contributed by atoms with van der Waals surface area (Å²) in [6, 6.07) is 6.82. The number of allylic oxidation sites excluding steroid dienone is 1. The minimum absolute atomic E-state index is 0.000522. The van der Waals surface area contributed by atoms with Crippen LogP contribution in [-0.4, -0.2) is 16.7 Å². The van der Waals surface area contributed by atoms with E-state index >= 15 is 0 Å². The topological polar surface area (TPSA) is 54.4 Å². The van der Waals surface area contributed by atoms with Gasteiger partial charge in [-0.1, -0.05) is 121 Å². The van der Waals surface area contributed by atoms with Crippen molar-refractivity contribution in [2.24, 2.45) is 0 Å². The monoisotopic (exact) mass is 412 g/mol. The van der Waals surface area contributed by atoms with Gasteiger partial charge in [-0.15, -0.1) is 0 Å². The molecule has 0 radical (unpaired) electrons. The molecule has 0 unspecified atom stereocenters. The molecule has 1 N–H and O–H groups in total. The fraction of sp³-hybridized carbons (Fsp3) is 0.630. The molecule has 1 aliphatic rings. The number of aliphatic hydroxyl groups is 1. The van der Waals surface area contributed by atoms with Gasteiger partial charge in [-0.25, -0.2) is 0 Å². The summed E-state index contributed by atoms with van der Waals surface area (Å²) in [5, 5.41) is 10.4. The maximum atomic E-state index is 12.3. The standard InChI is InChI=1S/C27H40O3/c1-2-3-4-5-6-7-8-9-10-11-12-13-14-15-16-21-24-25(28)22-19-17-18-20-23(22)26(29)27(24)30/h17-20,28H,2-16,21H2,1H3. The first kappa shape index (κ1) is 24.4. The highest BCUT2D eigenvalue weighted by Crippen LogP contribution is 2.30. The number of hydrogen-bond acceptors (Lipinski definition) is 3. The summed E-state index contributed by atoms with van der Waals surface area (Å²) in [6.45, 7) is 2.27. The van der Waals surface area contributed by atoms with Crippen LogP contribution in [0.2, 0.25) is 0 Å². The normalized spacial score (nSPS) is 13.8. The van der Waals surface area contributed by atoms with Gasteiger partial charge in [0.1, 0.15) is 5.76 Å². The molecule has 0 fully saturated rings. The third-order valence-corrected chi connectivity index (χ3v) is 6.22. The van der Waals surface area contributed by atoms with Crippen molar-refractivity contribution < 1.29 is 14.7 Å². The van der Waals surface area contributed by atoms with E-state index in [2.05, 4.69) is 6.92 Å². The number of fused-ring (bicyclic) bond motifs is 1. The van der Waals surface area contributed by atoms with Gasteiger partial charge in [0.2, 0.25) is 11.6 Å². The first-order valence-corrected chi connectivity index (χ1v) is 12.3. The zero-order chi connectivity index (χ0) is 21.6. The third-order valence-electron chi connectivity index (χ3n) is 6.22. The maximum absolute atomic E-state index is 12.3. The highest BCUT2D eigenvalue weighted by molar-refractivity contribution is 6.52. The number of carbonyl (C=O) groups excluding carboxylic acids is 2. The molecular formula is C27H40O3. The smallest absolute Gasteiger partial charge is 0.234 e. The number of carbonyl (C=O) groups is 2. The Morgan fingerprint density at radius 2 is 1.03 bits per heavy atom. The van der Waals surface area contributed by atoms with Crippen LogP contribution in [0.15, 0.2) is 29.8 Å². The van der Waals surface area contributed by atoms with Crippen molar-refractivity contribution in [2.75, 3.05) is 0 Å². The first-order valence-electron chi connectivity index (χ1n) is 12.3. The zero-order valence-corrected chi connectivity index (χ0v) is 18.9. The lowest BCUT2D eigenvalue weighted by atomic mass is 9.86. The largest absolute Gasteiger partial charge is 0.507 e. The van der Waals surface area contributed by atoms with Crippen molar-refractivity contribution in [3.05, 3.63) is 41.0 Å². The van der Waals surface area contributed by atoms with Crippen molar-refractivity contribution in [2.45, 2.75) is 110 Å². The number of rotatable bonds is 16. The maximum Gasteiger partial charge on any atom is 0.234 e. The van der Waals surface area contributed by atoms with Gasteiger partial charge in [-0.2, -0.15) is 0 Å². The van der Waals surface area contributed by atoms with Crippen LogP contribution in [0.3, 0.4) is 0 Å². The van der Waals surface area contributed by atoms with Crippen molar-refractivity contribution >= 4 is 17.3 Å². The van der Waals surface area contributed by atoms with Crippen molar-refractivity contribution in [1.82, 2.24) is 0 Å². The molecule has 1 aliphatic carbocycles. The molecule has 2 rings (SSSR count). The van der Waals surface area contributed by atoms with E-state index in [1.54, 1.807) is 24.3 Å². The predicted octanol–water partition coefficient (Wildman–Crippen LogP) is 7.98. The molecule has 0 aromatic heterocycles. The number of aliphatic hydroxyl groups excluding tert-OH is 1. The molecule has 0 heterocycles. The average Bonchev–Trinajstić information content (AvgIpc) is 2.77. The zero-order valence-electron chi connectivity index (χ0n) is 18.9. The van der Waals surface area contributed by atoms with Crippen LogP contribution in [0.4, 0.5) is 0 Å². The first-order chi connectivity index (χ1) is 14.7. The number of unbranched alkanes of at least 4 members (excludes halogenated alkanes) is 14. The Bertz CT molecular complexity index is 702. The Hall–Kier alpha value is -1.90. The summed E-state index contributed by atoms with van der Waals surface area (Å²) in [6.07, 6.45) is 19.8. The second-order valence-electron chi connectivity index (χ2n) is 8.73. The Labute approximate surface area is 183 Å². The average molecular weight is 413 g/mol. The van der Waals surface area contributed by atoms with Crippen molar-refractivity contribution in [3.8, 4) is 0 Å². The van der Waals surface area contributed by atoms with Gasteiger partial charge >= 0.3 is 0 Å². The molecule has 30 heavy (non-hydrogen) atoms. The number of benzene rings is 1. The Morgan fingerprint density at radius 1 is 0.600 bits per heavy atom. The van der Waals surface area contributed by atoms with Crippen LogP contribution < -0.4 is 0 Å². The van der Waals surface area contributed by atoms with Crippen molar-refractivity contribution in [1.29, 1.82) is 0 Å². The molecule has 166 valence electrons. The van der Waals surface area contributed by atoms with E-state index in [1.807, 2.05) is 0 Å². The lowest BCUT2D eigenvalue weighted by molar-refractivity contribution is -0.112. The van der Waals surface area contributed by atoms with E-state index in [9.17, 15) is 14.7 Å². The van der Waals surface area contributed by atoms with Gasteiger partial charge in [0, 0.05) is 16.7 Å². The molecule has 1 aromatic rings. The number of Topliss-reactive ketones (excluding diaryl/α,β-unsaturated/α-hetero) is 2. The fourth-order valence-electron chi connectivity index (χ4n) is 4.32. The van der Waals surface area contributed by atoms with Crippen molar-refractivity contribution in [3.63, 3.8) is 0 Å². The molecule has 0 saturated heterocycles. The lowest BCUT2D eigenvalue weighted by Gasteiger charge is -2.17. The SMILES string of the molecule is CCCCCCCCCCCCCCCCCC1=C(O)c2ccccc2C(=O)C1=O. The number of hydrogen-bond donors (Lipinski definition) is 1. The second kappa shape index (κ2) is 14.2. The van der Waals surface area contributed by atoms with Gasteiger partial charge in [0.25, 0.3) is 0 Å². The summed E-state index contributed by atoms with van der Waals surface area (Å²) < 4.78 is 0. The van der Waals surface area contributed by atoms with Crippen LogP contribution in [0.5, 0.6) is 0 Å². The Kier molecular flexibility index (Phi) is 11.5. The molecule has 0 saturated carbocycles. The van der Waals surface area contributed by atoms with E-state index in [-0.39, 0.29) is 5.76 Å². The Morgan fingerprint density at radius 3 is 1.53 bits per heavy atom. The number of ketones is 2. The summed E-state index contributed by atoms with van der Waals surface area (Å²) in [5.41, 5.74) is 1.12. The quantitative estimate of drug-likeness (QED) is 0.221. The van der Waals surface area contributed by atoms with Crippen LogP contribution in [0, 0.1) is 0 Å². The van der Waals surface area contributed by atoms with Gasteiger partial charge in [-0.05, 0) is 12.8 Å². The lowest BCUT2D eigenvalue weighted by Crippen LogP contribution is -2.24. The molecule has 3 heteroatoms. The van der Waals surface area contributed by atoms with E-state index in [0.29, 0.717) is 23.1 Å². The summed E-state index contributed by atoms with van der Waals surface area (Å²) in [5.74, 6) is -1.02. The second-order valence-corrected chi connectivity index (χ2v) is 8.73. The van der Waals surface area contributed by atoms with Crippen LogP contribution in [0.25, 0.3) is 5.76 Å². The van der Waals surface area contributed by atoms with E-state index in [1.165, 1.54) is 77.0 Å². The minimum atomic E-state index is -0.531. The summed E-state index contributed by atoms with van der Waals surface area (Å²) >= 11 is 0. The van der Waals surface area contributed by atoms with E-state index in [0.717, 1.165) is 19.3 Å². The molecular weight excluding hydrogens is 372 g/mol. The molecule has 0 bridgehead atoms. The third kappa shape index (κ3) is 7.74. The van der Waals surface area contributed by atoms with Gasteiger partial charge in [0.15, 0.2) is 0 Å². The summed E-state index contributed by atoms with van der Waals surface area (Å²) in [7, 11) is 0. The molecule has 1 aromatic carbocycles. The van der Waals surface area contributed by atoms with Gasteiger partial charge < -0.3 is 5.11 Å². The molecule has 0 atom stereocenters. The minimum Gasteiger partial charge on any atom is -0.507 e. The van der Waals surface area contributed by atoms with E-state index in [4.69, 9.17) is 0 Å². The fourth-order valence-corrected chi connectivity index (χ4v) is 4.32. The highest BCUT2D eigenvalue weighted by atomic mass is 16.3. The predicted molar refractivity (Wildman–Crippen MR) is 125 cm³/mol. The van der Waals surface area contributed by atoms with Crippen LogP contribution in [-0.2, 0) is 4.79 Å². The molecule has 3 nitrogen and oxygen atoms in total. The summed E-state index contributed by atoms with van der Waals surface area (Å²) in [4.78, 5) is 24.5. The van der Waals surface area contributed by atoms with Gasteiger partial charge in [-0.3, -0.25) is 9.59 Å². The van der Waals surface area contributed by atoms with Crippen LogP contribution >= 0.6 is 0 Å². The molecule has 0 aliphatic heterocycles. The molecule has 0 spiro atoms. The Balaban J connectivity index is 1.51. The highest BCUT2D eigenvalue weighted by Gasteiger charge is 2.31. The van der Waals surface area contributed by atoms with E-state index < -0.39 is 11.6 Å². The van der Waals surface area contributed by atoms with Crippen LogP contribution in [0.1, 0.15) is 126 Å².